The maximum absolute atomic E-state index is 12.6. The molecule has 8 nitrogen and oxygen atoms in total. The van der Waals surface area contributed by atoms with Crippen molar-refractivity contribution in [3.8, 4) is 0 Å². The highest BCUT2D eigenvalue weighted by atomic mass is 16.6. The molecule has 0 saturated heterocycles. The quantitative estimate of drug-likeness (QED) is 0.414. The van der Waals surface area contributed by atoms with Gasteiger partial charge in [0.2, 0.25) is 5.78 Å². The summed E-state index contributed by atoms with van der Waals surface area (Å²) in [5.74, 6) is -0.720. The number of nitrogens with zero attached hydrogens (tertiary/aromatic N) is 4. The molecule has 0 spiro atoms. The third-order valence-electron chi connectivity index (χ3n) is 4.87. The van der Waals surface area contributed by atoms with Crippen molar-refractivity contribution < 1.29 is 14.5 Å². The van der Waals surface area contributed by atoms with E-state index in [2.05, 4.69) is 16.9 Å². The molecule has 0 fully saturated rings. The summed E-state index contributed by atoms with van der Waals surface area (Å²) in [6.45, 7) is 2.83. The van der Waals surface area contributed by atoms with Gasteiger partial charge in [-0.25, -0.2) is 0 Å². The van der Waals surface area contributed by atoms with Crippen LogP contribution in [0.3, 0.4) is 0 Å². The predicted octanol–water partition coefficient (Wildman–Crippen LogP) is 3.43. The Morgan fingerprint density at radius 3 is 2.79 bits per heavy atom. The second-order valence-corrected chi connectivity index (χ2v) is 6.92. The third kappa shape index (κ3) is 3.76. The topological polar surface area (TPSA) is 106 Å². The van der Waals surface area contributed by atoms with Crippen LogP contribution in [0.4, 0.5) is 5.69 Å². The van der Waals surface area contributed by atoms with Crippen molar-refractivity contribution in [1.29, 1.82) is 0 Å². The first-order valence-electron chi connectivity index (χ1n) is 9.34. The van der Waals surface area contributed by atoms with E-state index in [0.29, 0.717) is 28.7 Å². The molecule has 8 heteroatoms. The normalized spacial score (nSPS) is 15.5. The first kappa shape index (κ1) is 19.6. The van der Waals surface area contributed by atoms with Crippen molar-refractivity contribution in [3.63, 3.8) is 0 Å². The van der Waals surface area contributed by atoms with Gasteiger partial charge in [0.25, 0.3) is 5.91 Å². The smallest absolute Gasteiger partial charge is 0.309 e. The van der Waals surface area contributed by atoms with Crippen LogP contribution in [0, 0.1) is 10.1 Å². The van der Waals surface area contributed by atoms with Gasteiger partial charge >= 0.3 is 6.04 Å². The fraction of sp³-hybridized carbons (Fsp3) is 0.400. The molecule has 0 aliphatic carbocycles. The maximum atomic E-state index is 12.6. The van der Waals surface area contributed by atoms with Gasteiger partial charge in [-0.05, 0) is 18.6 Å². The number of hydrogen-bond acceptors (Lipinski definition) is 6. The Morgan fingerprint density at radius 2 is 2.07 bits per heavy atom. The number of nitro groups is 1. The lowest BCUT2D eigenvalue weighted by atomic mass is 9.98. The van der Waals surface area contributed by atoms with Gasteiger partial charge in [0.05, 0.1) is 22.9 Å². The summed E-state index contributed by atoms with van der Waals surface area (Å²) < 4.78 is 0. The van der Waals surface area contributed by atoms with Gasteiger partial charge in [0.1, 0.15) is 5.69 Å². The number of ketones is 1. The van der Waals surface area contributed by atoms with E-state index < -0.39 is 16.7 Å². The lowest BCUT2D eigenvalue weighted by molar-refractivity contribution is -0.485. The van der Waals surface area contributed by atoms with Crippen LogP contribution in [-0.4, -0.2) is 52.3 Å². The SMILES string of the molecule is CCCCCCN(C)C(=O)c1cnc2c3c(ccc2c1)C(=O)C([N+](=O)[O-])C=N3. The number of pyridine rings is 1. The summed E-state index contributed by atoms with van der Waals surface area (Å²) in [5.41, 5.74) is 1.40. The average molecular weight is 382 g/mol. The fourth-order valence-corrected chi connectivity index (χ4v) is 3.25. The molecule has 2 aromatic rings. The molecule has 1 aromatic carbocycles. The largest absolute Gasteiger partial charge is 0.342 e. The summed E-state index contributed by atoms with van der Waals surface area (Å²) in [6, 6.07) is 3.41. The second-order valence-electron chi connectivity index (χ2n) is 6.92. The Labute approximate surface area is 162 Å². The lowest BCUT2D eigenvalue weighted by Crippen LogP contribution is -2.33. The number of aromatic nitrogens is 1. The van der Waals surface area contributed by atoms with Crippen molar-refractivity contribution in [1.82, 2.24) is 9.88 Å². The molecule has 0 bridgehead atoms. The second kappa shape index (κ2) is 8.24. The van der Waals surface area contributed by atoms with E-state index in [1.165, 1.54) is 12.3 Å². The Morgan fingerprint density at radius 1 is 1.29 bits per heavy atom. The zero-order chi connectivity index (χ0) is 20.3. The van der Waals surface area contributed by atoms with Crippen LogP contribution in [0.2, 0.25) is 0 Å². The van der Waals surface area contributed by atoms with Crippen LogP contribution in [0.25, 0.3) is 10.9 Å². The first-order valence-corrected chi connectivity index (χ1v) is 9.34. The van der Waals surface area contributed by atoms with Crippen LogP contribution in [0.5, 0.6) is 0 Å². The van der Waals surface area contributed by atoms with E-state index in [4.69, 9.17) is 0 Å². The maximum Gasteiger partial charge on any atom is 0.309 e. The van der Waals surface area contributed by atoms with E-state index in [9.17, 15) is 19.7 Å². The minimum atomic E-state index is -1.47. The molecule has 2 heterocycles. The highest BCUT2D eigenvalue weighted by Gasteiger charge is 2.34. The molecule has 146 valence electrons. The number of unbranched alkanes of at least 4 members (excludes halogenated alkanes) is 3. The average Bonchev–Trinajstić information content (AvgIpc) is 2.69. The van der Waals surface area contributed by atoms with Crippen molar-refractivity contribution in [3.05, 3.63) is 45.6 Å². The number of amides is 1. The predicted molar refractivity (Wildman–Crippen MR) is 106 cm³/mol. The Kier molecular flexibility index (Phi) is 5.77. The molecule has 1 aromatic heterocycles. The van der Waals surface area contributed by atoms with E-state index in [1.54, 1.807) is 24.1 Å². The summed E-state index contributed by atoms with van der Waals surface area (Å²) in [6.07, 6.45) is 6.85. The highest BCUT2D eigenvalue weighted by Crippen LogP contribution is 2.32. The van der Waals surface area contributed by atoms with Gasteiger partial charge < -0.3 is 4.90 Å². The van der Waals surface area contributed by atoms with Gasteiger partial charge in [0.15, 0.2) is 0 Å². The third-order valence-corrected chi connectivity index (χ3v) is 4.87. The van der Waals surface area contributed by atoms with Crippen molar-refractivity contribution >= 4 is 34.5 Å². The number of carbonyl (C=O) groups excluding carboxylic acids is 2. The van der Waals surface area contributed by atoms with E-state index in [0.717, 1.165) is 31.9 Å². The number of aliphatic imine (C=N–C) groups is 1. The monoisotopic (exact) mass is 382 g/mol. The molecule has 28 heavy (non-hydrogen) atoms. The van der Waals surface area contributed by atoms with Crippen LogP contribution in [0.15, 0.2) is 29.4 Å². The summed E-state index contributed by atoms with van der Waals surface area (Å²) in [4.78, 5) is 45.3. The van der Waals surface area contributed by atoms with Crippen molar-refractivity contribution in [2.75, 3.05) is 13.6 Å². The first-order chi connectivity index (χ1) is 13.4. The fourth-order valence-electron chi connectivity index (χ4n) is 3.25. The minimum absolute atomic E-state index is 0.114. The molecule has 1 atom stereocenters. The van der Waals surface area contributed by atoms with E-state index in [1.807, 2.05) is 0 Å². The molecule has 1 aliphatic heterocycles. The highest BCUT2D eigenvalue weighted by molar-refractivity contribution is 6.18. The molecule has 1 amide bonds. The van der Waals surface area contributed by atoms with Gasteiger partial charge in [-0.15, -0.1) is 0 Å². The number of rotatable bonds is 7. The number of carbonyl (C=O) groups is 2. The number of benzene rings is 1. The zero-order valence-corrected chi connectivity index (χ0v) is 15.9. The van der Waals surface area contributed by atoms with Gasteiger partial charge in [-0.2, -0.15) is 0 Å². The molecule has 3 rings (SSSR count). The van der Waals surface area contributed by atoms with E-state index >= 15 is 0 Å². The van der Waals surface area contributed by atoms with Gasteiger partial charge in [-0.1, -0.05) is 32.3 Å². The van der Waals surface area contributed by atoms with Gasteiger partial charge in [0, 0.05) is 30.1 Å². The summed E-state index contributed by atoms with van der Waals surface area (Å²) in [7, 11) is 1.77. The van der Waals surface area contributed by atoms with Crippen molar-refractivity contribution in [2.24, 2.45) is 4.99 Å². The Hall–Kier alpha value is -3.16. The van der Waals surface area contributed by atoms with Crippen LogP contribution in [0.1, 0.15) is 53.3 Å². The molecule has 0 radical (unpaired) electrons. The van der Waals surface area contributed by atoms with Crippen LogP contribution in [-0.2, 0) is 0 Å². The summed E-state index contributed by atoms with van der Waals surface area (Å²) in [5, 5.41) is 11.6. The molecule has 1 aliphatic rings. The Balaban J connectivity index is 1.85. The standard InChI is InChI=1S/C20H22N4O4/c1-3-4-5-6-9-23(2)20(26)14-10-13-7-8-15-18(17(13)21-11-14)22-12-16(19(15)25)24(27)28/h7-8,10-12,16H,3-6,9H2,1-2H3. The Bertz CT molecular complexity index is 970. The molecule has 0 saturated carbocycles. The van der Waals surface area contributed by atoms with Crippen molar-refractivity contribution in [2.45, 2.75) is 38.6 Å². The number of fused-ring (bicyclic) bond motifs is 3. The number of hydrogen-bond donors (Lipinski definition) is 0. The van der Waals surface area contributed by atoms with Gasteiger partial charge in [-0.3, -0.25) is 29.7 Å². The van der Waals surface area contributed by atoms with E-state index in [-0.39, 0.29) is 11.5 Å². The minimum Gasteiger partial charge on any atom is -0.342 e. The molecular weight excluding hydrogens is 360 g/mol. The van der Waals surface area contributed by atoms with Crippen LogP contribution >= 0.6 is 0 Å². The summed E-state index contributed by atoms with van der Waals surface area (Å²) >= 11 is 0. The molecule has 1 unspecified atom stereocenters. The molecular formula is C20H22N4O4. The molecule has 0 N–H and O–H groups in total. The lowest BCUT2D eigenvalue weighted by Gasteiger charge is -2.18. The zero-order valence-electron chi connectivity index (χ0n) is 15.9. The van der Waals surface area contributed by atoms with Crippen LogP contribution < -0.4 is 0 Å². The number of Topliss-reactive ketones (excluding diaryl/α,β-unsaturated/α-hetero) is 1.